The van der Waals surface area contributed by atoms with E-state index in [0.29, 0.717) is 12.6 Å². The molecular weight excluding hydrogens is 250 g/mol. The maximum absolute atomic E-state index is 4.11. The Kier molecular flexibility index (Phi) is 2.70. The molecule has 0 spiro atoms. The van der Waals surface area contributed by atoms with Crippen LogP contribution in [0, 0.1) is 0 Å². The van der Waals surface area contributed by atoms with Gasteiger partial charge in [0, 0.05) is 6.04 Å². The topological polar surface area (TPSA) is 55.6 Å². The molecule has 0 unspecified atom stereocenters. The van der Waals surface area contributed by atoms with E-state index in [0.717, 1.165) is 11.5 Å². The van der Waals surface area contributed by atoms with Crippen molar-refractivity contribution in [1.82, 2.24) is 25.5 Å². The van der Waals surface area contributed by atoms with Crippen LogP contribution in [-0.4, -0.2) is 26.2 Å². The average molecular weight is 265 g/mol. The summed E-state index contributed by atoms with van der Waals surface area (Å²) in [6, 6.07) is 15.2. The van der Waals surface area contributed by atoms with Crippen LogP contribution in [0.4, 0.5) is 0 Å². The second-order valence-electron chi connectivity index (χ2n) is 5.19. The lowest BCUT2D eigenvalue weighted by Crippen LogP contribution is -2.18. The smallest absolute Gasteiger partial charge is 0.170 e. The van der Waals surface area contributed by atoms with Crippen molar-refractivity contribution in [3.63, 3.8) is 0 Å². The summed E-state index contributed by atoms with van der Waals surface area (Å²) in [5.41, 5.74) is 1.00. The second kappa shape index (κ2) is 4.68. The molecule has 1 aliphatic rings. The molecule has 1 saturated carbocycles. The van der Waals surface area contributed by atoms with Crippen molar-refractivity contribution in [2.45, 2.75) is 25.4 Å². The molecule has 0 atom stereocenters. The largest absolute Gasteiger partial charge is 0.307 e. The third kappa shape index (κ3) is 2.16. The molecule has 1 N–H and O–H groups in total. The molecule has 0 radical (unpaired) electrons. The van der Waals surface area contributed by atoms with Crippen molar-refractivity contribution in [2.75, 3.05) is 0 Å². The van der Waals surface area contributed by atoms with Crippen LogP contribution in [0.25, 0.3) is 16.5 Å². The van der Waals surface area contributed by atoms with E-state index in [2.05, 4.69) is 51.2 Å². The fourth-order valence-electron chi connectivity index (χ4n) is 2.35. The van der Waals surface area contributed by atoms with Crippen LogP contribution in [0.3, 0.4) is 0 Å². The summed E-state index contributed by atoms with van der Waals surface area (Å²) in [6.07, 6.45) is 2.52. The third-order valence-electron chi connectivity index (χ3n) is 3.64. The molecule has 5 nitrogen and oxygen atoms in total. The number of aromatic nitrogens is 4. The number of nitrogens with one attached hydrogen (secondary N) is 1. The highest BCUT2D eigenvalue weighted by Gasteiger charge is 2.21. The Morgan fingerprint density at radius 1 is 1.10 bits per heavy atom. The highest BCUT2D eigenvalue weighted by Crippen LogP contribution is 2.20. The lowest BCUT2D eigenvalue weighted by atomic mass is 10.1. The molecule has 0 saturated heterocycles. The zero-order valence-electron chi connectivity index (χ0n) is 11.0. The Morgan fingerprint density at radius 2 is 1.95 bits per heavy atom. The predicted molar refractivity (Wildman–Crippen MR) is 76.5 cm³/mol. The molecule has 1 aliphatic carbocycles. The summed E-state index contributed by atoms with van der Waals surface area (Å²) in [5, 5.41) is 17.9. The van der Waals surface area contributed by atoms with E-state index in [9.17, 15) is 0 Å². The normalized spacial score (nSPS) is 14.8. The van der Waals surface area contributed by atoms with E-state index < -0.39 is 0 Å². The zero-order valence-corrected chi connectivity index (χ0v) is 11.0. The van der Waals surface area contributed by atoms with Gasteiger partial charge in [0.25, 0.3) is 0 Å². The predicted octanol–water partition coefficient (Wildman–Crippen LogP) is 2.07. The van der Waals surface area contributed by atoms with E-state index in [1.54, 1.807) is 0 Å². The quantitative estimate of drug-likeness (QED) is 0.784. The maximum atomic E-state index is 4.11. The first-order chi connectivity index (χ1) is 9.90. The Bertz CT molecular complexity index is 745. The van der Waals surface area contributed by atoms with Crippen molar-refractivity contribution in [2.24, 2.45) is 0 Å². The van der Waals surface area contributed by atoms with Gasteiger partial charge >= 0.3 is 0 Å². The van der Waals surface area contributed by atoms with Crippen LogP contribution < -0.4 is 5.32 Å². The molecule has 0 amide bonds. The summed E-state index contributed by atoms with van der Waals surface area (Å²) < 4.78 is 1.81. The van der Waals surface area contributed by atoms with Crippen LogP contribution in [0.5, 0.6) is 0 Å². The highest BCUT2D eigenvalue weighted by atomic mass is 15.5. The van der Waals surface area contributed by atoms with Gasteiger partial charge in [0.05, 0.1) is 12.2 Å². The van der Waals surface area contributed by atoms with Crippen LogP contribution in [0.1, 0.15) is 18.7 Å². The summed E-state index contributed by atoms with van der Waals surface area (Å²) in [5.74, 6) is 0.854. The Balaban J connectivity index is 1.69. The summed E-state index contributed by atoms with van der Waals surface area (Å²) >= 11 is 0. The number of hydrogen-bond acceptors (Lipinski definition) is 4. The molecule has 1 heterocycles. The second-order valence-corrected chi connectivity index (χ2v) is 5.19. The van der Waals surface area contributed by atoms with Crippen LogP contribution in [-0.2, 0) is 6.54 Å². The standard InChI is InChI=1S/C15H15N5/c1-2-4-12-9-14(8-5-11(12)3-1)20-15(17-18-19-20)10-16-13-6-7-13/h1-5,8-9,13,16H,6-7,10H2. The lowest BCUT2D eigenvalue weighted by molar-refractivity contribution is 0.638. The minimum atomic E-state index is 0.650. The molecular formula is C15H15N5. The van der Waals surface area contributed by atoms with Gasteiger partial charge in [-0.3, -0.25) is 0 Å². The van der Waals surface area contributed by atoms with Crippen LogP contribution in [0.15, 0.2) is 42.5 Å². The Morgan fingerprint density at radius 3 is 2.80 bits per heavy atom. The van der Waals surface area contributed by atoms with Crippen molar-refractivity contribution >= 4 is 10.8 Å². The number of hydrogen-bond donors (Lipinski definition) is 1. The first-order valence-electron chi connectivity index (χ1n) is 6.90. The van der Waals surface area contributed by atoms with E-state index in [-0.39, 0.29) is 0 Å². The number of tetrazole rings is 1. The Hall–Kier alpha value is -2.27. The van der Waals surface area contributed by atoms with E-state index in [1.807, 2.05) is 16.8 Å². The highest BCUT2D eigenvalue weighted by molar-refractivity contribution is 5.84. The maximum Gasteiger partial charge on any atom is 0.170 e. The lowest BCUT2D eigenvalue weighted by Gasteiger charge is -2.06. The average Bonchev–Trinajstić information content (AvgIpc) is 3.21. The summed E-state index contributed by atoms with van der Waals surface area (Å²) in [6.45, 7) is 0.713. The zero-order chi connectivity index (χ0) is 13.4. The Labute approximate surface area is 116 Å². The van der Waals surface area contributed by atoms with Gasteiger partial charge in [0.1, 0.15) is 0 Å². The van der Waals surface area contributed by atoms with Gasteiger partial charge in [-0.05, 0) is 46.2 Å². The fourth-order valence-corrected chi connectivity index (χ4v) is 2.35. The molecule has 0 bridgehead atoms. The molecule has 2 aromatic carbocycles. The monoisotopic (exact) mass is 265 g/mol. The minimum Gasteiger partial charge on any atom is -0.307 e. The van der Waals surface area contributed by atoms with Gasteiger partial charge in [0.15, 0.2) is 5.82 Å². The van der Waals surface area contributed by atoms with Crippen molar-refractivity contribution in [1.29, 1.82) is 0 Å². The summed E-state index contributed by atoms with van der Waals surface area (Å²) in [4.78, 5) is 0. The van der Waals surface area contributed by atoms with Gasteiger partial charge in [-0.2, -0.15) is 4.68 Å². The number of fused-ring (bicyclic) bond motifs is 1. The van der Waals surface area contributed by atoms with Crippen LogP contribution in [0.2, 0.25) is 0 Å². The third-order valence-corrected chi connectivity index (χ3v) is 3.64. The number of benzene rings is 2. The number of rotatable bonds is 4. The SMILES string of the molecule is c1ccc2cc(-n3nnnc3CNC3CC3)ccc2c1. The first kappa shape index (κ1) is 11.5. The first-order valence-corrected chi connectivity index (χ1v) is 6.90. The molecule has 20 heavy (non-hydrogen) atoms. The fraction of sp³-hybridized carbons (Fsp3) is 0.267. The van der Waals surface area contributed by atoms with Crippen molar-refractivity contribution in [3.05, 3.63) is 48.3 Å². The van der Waals surface area contributed by atoms with Crippen molar-refractivity contribution in [3.8, 4) is 5.69 Å². The molecule has 3 aromatic rings. The van der Waals surface area contributed by atoms with Crippen molar-refractivity contribution < 1.29 is 0 Å². The van der Waals surface area contributed by atoms with E-state index in [1.165, 1.54) is 23.6 Å². The molecule has 1 aromatic heterocycles. The molecule has 0 aliphatic heterocycles. The number of nitrogens with zero attached hydrogens (tertiary/aromatic N) is 4. The van der Waals surface area contributed by atoms with Gasteiger partial charge < -0.3 is 5.32 Å². The molecule has 100 valence electrons. The van der Waals surface area contributed by atoms with Gasteiger partial charge in [0.2, 0.25) is 0 Å². The minimum absolute atomic E-state index is 0.650. The summed E-state index contributed by atoms with van der Waals surface area (Å²) in [7, 11) is 0. The molecule has 1 fully saturated rings. The van der Waals surface area contributed by atoms with Gasteiger partial charge in [-0.25, -0.2) is 0 Å². The van der Waals surface area contributed by atoms with Gasteiger partial charge in [-0.1, -0.05) is 30.3 Å². The van der Waals surface area contributed by atoms with E-state index in [4.69, 9.17) is 0 Å². The molecule has 5 heteroatoms. The molecule has 4 rings (SSSR count). The van der Waals surface area contributed by atoms with E-state index >= 15 is 0 Å². The van der Waals surface area contributed by atoms with Crippen LogP contribution >= 0.6 is 0 Å². The van der Waals surface area contributed by atoms with Gasteiger partial charge in [-0.15, -0.1) is 5.10 Å².